The summed E-state index contributed by atoms with van der Waals surface area (Å²) in [6.45, 7) is 4.72. The van der Waals surface area contributed by atoms with Crippen molar-refractivity contribution in [1.29, 1.82) is 0 Å². The lowest BCUT2D eigenvalue weighted by molar-refractivity contribution is 0.215. The minimum atomic E-state index is 0.741. The molecule has 1 atom stereocenters. The van der Waals surface area contributed by atoms with E-state index >= 15 is 0 Å². The summed E-state index contributed by atoms with van der Waals surface area (Å²) in [4.78, 5) is 4.68. The predicted octanol–water partition coefficient (Wildman–Crippen LogP) is 8.00. The van der Waals surface area contributed by atoms with E-state index in [2.05, 4.69) is 73.4 Å². The van der Waals surface area contributed by atoms with Gasteiger partial charge in [-0.3, -0.25) is 4.98 Å². The first kappa shape index (κ1) is 19.2. The summed E-state index contributed by atoms with van der Waals surface area (Å²) in [5.41, 5.74) is 3.84. The first-order valence-electron chi connectivity index (χ1n) is 11.2. The number of hydrogen-bond donors (Lipinski definition) is 0. The monoisotopic (exact) mass is 371 g/mol. The second-order valence-electron chi connectivity index (χ2n) is 8.57. The van der Waals surface area contributed by atoms with E-state index in [0.29, 0.717) is 0 Å². The average molecular weight is 372 g/mol. The summed E-state index contributed by atoms with van der Waals surface area (Å²) in [5.74, 6) is 2.65. The Bertz CT molecular complexity index is 882. The smallest absolute Gasteiger partial charge is 0.0780 e. The van der Waals surface area contributed by atoms with Crippen LogP contribution in [0.3, 0.4) is 0 Å². The van der Waals surface area contributed by atoms with Crippen LogP contribution in [0.5, 0.6) is 0 Å². The van der Waals surface area contributed by atoms with Gasteiger partial charge >= 0.3 is 0 Å². The fourth-order valence-electron chi connectivity index (χ4n) is 5.33. The minimum Gasteiger partial charge on any atom is -0.256 e. The quantitative estimate of drug-likeness (QED) is 0.427. The fraction of sp³-hybridized carbons (Fsp3) is 0.444. The molecule has 146 valence electrons. The van der Waals surface area contributed by atoms with E-state index in [4.69, 9.17) is 0 Å². The van der Waals surface area contributed by atoms with Crippen LogP contribution in [0.1, 0.15) is 70.3 Å². The van der Waals surface area contributed by atoms with Crippen LogP contribution < -0.4 is 0 Å². The van der Waals surface area contributed by atoms with Crippen LogP contribution in [-0.2, 0) is 0 Å². The molecule has 0 spiro atoms. The van der Waals surface area contributed by atoms with E-state index in [1.54, 1.807) is 0 Å². The SMILES string of the molecule is CCCC(CC)C1CCC(c2ccc(-c3nccc4ccccc34)cc2)CC1. The van der Waals surface area contributed by atoms with Crippen molar-refractivity contribution in [2.24, 2.45) is 11.8 Å². The molecule has 1 unspecified atom stereocenters. The zero-order valence-corrected chi connectivity index (χ0v) is 17.4. The first-order valence-corrected chi connectivity index (χ1v) is 11.2. The molecule has 1 aromatic heterocycles. The third-order valence-corrected chi connectivity index (χ3v) is 6.95. The third-order valence-electron chi connectivity index (χ3n) is 6.95. The van der Waals surface area contributed by atoms with Gasteiger partial charge in [0.1, 0.15) is 0 Å². The van der Waals surface area contributed by atoms with Crippen molar-refractivity contribution >= 4 is 10.8 Å². The molecule has 0 N–H and O–H groups in total. The number of aromatic nitrogens is 1. The van der Waals surface area contributed by atoms with E-state index in [9.17, 15) is 0 Å². The molecule has 1 aliphatic rings. The Kier molecular flexibility index (Phi) is 6.10. The Morgan fingerprint density at radius 1 is 0.893 bits per heavy atom. The van der Waals surface area contributed by atoms with Crippen molar-refractivity contribution in [2.45, 2.75) is 64.7 Å². The zero-order valence-electron chi connectivity index (χ0n) is 17.4. The lowest BCUT2D eigenvalue weighted by Crippen LogP contribution is -2.20. The van der Waals surface area contributed by atoms with Crippen molar-refractivity contribution in [3.8, 4) is 11.3 Å². The molecule has 0 bridgehead atoms. The van der Waals surface area contributed by atoms with Gasteiger partial charge in [0.15, 0.2) is 0 Å². The highest BCUT2D eigenvalue weighted by molar-refractivity contribution is 5.94. The highest BCUT2D eigenvalue weighted by Crippen LogP contribution is 2.41. The number of benzene rings is 2. The molecule has 1 fully saturated rings. The lowest BCUT2D eigenvalue weighted by atomic mass is 9.72. The first-order chi connectivity index (χ1) is 13.8. The van der Waals surface area contributed by atoms with Gasteiger partial charge in [0.2, 0.25) is 0 Å². The van der Waals surface area contributed by atoms with E-state index < -0.39 is 0 Å². The van der Waals surface area contributed by atoms with Crippen molar-refractivity contribution in [3.63, 3.8) is 0 Å². The van der Waals surface area contributed by atoms with Gasteiger partial charge < -0.3 is 0 Å². The molecular weight excluding hydrogens is 338 g/mol. The molecule has 0 aliphatic heterocycles. The number of nitrogens with zero attached hydrogens (tertiary/aromatic N) is 1. The summed E-state index contributed by atoms with van der Waals surface area (Å²) in [5, 5.41) is 2.49. The van der Waals surface area contributed by atoms with Crippen LogP contribution in [0.2, 0.25) is 0 Å². The molecule has 1 heteroatoms. The number of fused-ring (bicyclic) bond motifs is 1. The van der Waals surface area contributed by atoms with E-state index in [1.807, 2.05) is 6.20 Å². The molecule has 28 heavy (non-hydrogen) atoms. The van der Waals surface area contributed by atoms with Crippen LogP contribution in [-0.4, -0.2) is 4.98 Å². The van der Waals surface area contributed by atoms with Crippen LogP contribution >= 0.6 is 0 Å². The Morgan fingerprint density at radius 3 is 2.36 bits per heavy atom. The normalized spacial score (nSPS) is 20.9. The summed E-state index contributed by atoms with van der Waals surface area (Å²) >= 11 is 0. The third kappa shape index (κ3) is 3.99. The highest BCUT2D eigenvalue weighted by atomic mass is 14.7. The molecule has 1 heterocycles. The summed E-state index contributed by atoms with van der Waals surface area (Å²) in [6.07, 6.45) is 11.6. The van der Waals surface area contributed by atoms with Gasteiger partial charge in [0, 0.05) is 17.1 Å². The summed E-state index contributed by atoms with van der Waals surface area (Å²) < 4.78 is 0. The van der Waals surface area contributed by atoms with Gasteiger partial charge in [-0.1, -0.05) is 81.6 Å². The van der Waals surface area contributed by atoms with E-state index in [-0.39, 0.29) is 0 Å². The van der Waals surface area contributed by atoms with Crippen LogP contribution in [0, 0.1) is 11.8 Å². The maximum Gasteiger partial charge on any atom is 0.0780 e. The maximum absolute atomic E-state index is 4.68. The van der Waals surface area contributed by atoms with Gasteiger partial charge in [0.25, 0.3) is 0 Å². The molecule has 0 amide bonds. The summed E-state index contributed by atoms with van der Waals surface area (Å²) in [7, 11) is 0. The van der Waals surface area contributed by atoms with Crippen LogP contribution in [0.25, 0.3) is 22.0 Å². The van der Waals surface area contributed by atoms with Crippen LogP contribution in [0.4, 0.5) is 0 Å². The fourth-order valence-corrected chi connectivity index (χ4v) is 5.33. The molecular formula is C27H33N. The van der Waals surface area contributed by atoms with E-state index in [0.717, 1.165) is 23.4 Å². The molecule has 0 radical (unpaired) electrons. The van der Waals surface area contributed by atoms with Crippen LogP contribution in [0.15, 0.2) is 60.8 Å². The predicted molar refractivity (Wildman–Crippen MR) is 121 cm³/mol. The Labute approximate surface area is 170 Å². The van der Waals surface area contributed by atoms with Crippen molar-refractivity contribution in [3.05, 3.63) is 66.4 Å². The average Bonchev–Trinajstić information content (AvgIpc) is 2.77. The highest BCUT2D eigenvalue weighted by Gasteiger charge is 2.26. The number of pyridine rings is 1. The minimum absolute atomic E-state index is 0.741. The zero-order chi connectivity index (χ0) is 19.3. The molecule has 1 nitrogen and oxygen atoms in total. The van der Waals surface area contributed by atoms with Gasteiger partial charge in [-0.2, -0.15) is 0 Å². The standard InChI is InChI=1S/C27H33N/c1-3-7-20(4-2)21-10-12-22(13-11-21)23-14-16-25(17-15-23)27-26-9-6-5-8-24(26)18-19-28-27/h5-6,8-9,14-22H,3-4,7,10-13H2,1-2H3. The van der Waals surface area contributed by atoms with E-state index in [1.165, 1.54) is 66.8 Å². The molecule has 2 aromatic carbocycles. The second kappa shape index (κ2) is 8.90. The van der Waals surface area contributed by atoms with Gasteiger partial charge in [-0.25, -0.2) is 0 Å². The van der Waals surface area contributed by atoms with Gasteiger partial charge in [0.05, 0.1) is 5.69 Å². The largest absolute Gasteiger partial charge is 0.256 e. The maximum atomic E-state index is 4.68. The topological polar surface area (TPSA) is 12.9 Å². The lowest BCUT2D eigenvalue weighted by Gasteiger charge is -2.34. The molecule has 0 saturated heterocycles. The second-order valence-corrected chi connectivity index (χ2v) is 8.57. The Morgan fingerprint density at radius 2 is 1.64 bits per heavy atom. The molecule has 3 aromatic rings. The molecule has 1 saturated carbocycles. The Balaban J connectivity index is 1.47. The van der Waals surface area contributed by atoms with Gasteiger partial charge in [-0.05, 0) is 60.5 Å². The molecule has 4 rings (SSSR count). The molecule has 1 aliphatic carbocycles. The van der Waals surface area contributed by atoms with Crippen molar-refractivity contribution in [1.82, 2.24) is 4.98 Å². The van der Waals surface area contributed by atoms with Crippen molar-refractivity contribution in [2.75, 3.05) is 0 Å². The number of rotatable bonds is 6. The van der Waals surface area contributed by atoms with Crippen molar-refractivity contribution < 1.29 is 0 Å². The number of hydrogen-bond acceptors (Lipinski definition) is 1. The summed E-state index contributed by atoms with van der Waals surface area (Å²) in [6, 6.07) is 19.9. The Hall–Kier alpha value is -2.15. The van der Waals surface area contributed by atoms with Gasteiger partial charge in [-0.15, -0.1) is 0 Å².